The fourth-order valence-corrected chi connectivity index (χ4v) is 7.66. The molecular formula is C25H43N5O2. The molecule has 7 nitrogen and oxygen atoms in total. The summed E-state index contributed by atoms with van der Waals surface area (Å²) in [5.74, 6) is 2.73. The Morgan fingerprint density at radius 2 is 1.84 bits per heavy atom. The summed E-state index contributed by atoms with van der Waals surface area (Å²) in [6.45, 7) is 6.55. The lowest BCUT2D eigenvalue weighted by atomic mass is 9.64. The smallest absolute Gasteiger partial charge is 0.225 e. The monoisotopic (exact) mass is 445 g/mol. The number of carbonyl (C=O) groups excluding carboxylic acids is 2. The van der Waals surface area contributed by atoms with Crippen LogP contribution in [0, 0.1) is 35.5 Å². The van der Waals surface area contributed by atoms with Gasteiger partial charge in [-0.3, -0.25) is 20.4 Å². The number of likely N-dealkylation sites (tertiary alicyclic amines) is 1. The van der Waals surface area contributed by atoms with Crippen LogP contribution >= 0.6 is 0 Å². The third-order valence-electron chi connectivity index (χ3n) is 9.71. The van der Waals surface area contributed by atoms with E-state index in [1.807, 2.05) is 7.05 Å². The van der Waals surface area contributed by atoms with E-state index >= 15 is 0 Å². The van der Waals surface area contributed by atoms with Gasteiger partial charge < -0.3 is 15.5 Å². The van der Waals surface area contributed by atoms with E-state index in [1.165, 1.54) is 0 Å². The average Bonchev–Trinajstić information content (AvgIpc) is 3.25. The number of hydrazine groups is 1. The van der Waals surface area contributed by atoms with E-state index in [0.29, 0.717) is 53.7 Å². The van der Waals surface area contributed by atoms with Gasteiger partial charge in [-0.25, -0.2) is 0 Å². The van der Waals surface area contributed by atoms with Gasteiger partial charge in [-0.2, -0.15) is 0 Å². The van der Waals surface area contributed by atoms with Crippen LogP contribution in [0.5, 0.6) is 0 Å². The van der Waals surface area contributed by atoms with E-state index < -0.39 is 0 Å². The van der Waals surface area contributed by atoms with Crippen LogP contribution in [0.2, 0.25) is 0 Å². The quantitative estimate of drug-likeness (QED) is 0.531. The molecule has 4 N–H and O–H groups in total. The highest BCUT2D eigenvalue weighted by atomic mass is 16.2. The lowest BCUT2D eigenvalue weighted by Gasteiger charge is -2.50. The lowest BCUT2D eigenvalue weighted by molar-refractivity contribution is -0.149. The molecule has 5 rings (SSSR count). The van der Waals surface area contributed by atoms with Crippen molar-refractivity contribution in [2.24, 2.45) is 35.5 Å². The normalized spacial score (nSPS) is 47.0. The Labute approximate surface area is 193 Å². The molecule has 0 aromatic heterocycles. The van der Waals surface area contributed by atoms with E-state index in [-0.39, 0.29) is 17.7 Å². The van der Waals surface area contributed by atoms with Crippen molar-refractivity contribution in [2.45, 2.75) is 89.4 Å². The summed E-state index contributed by atoms with van der Waals surface area (Å²) in [6.07, 6.45) is 8.21. The first-order valence-electron chi connectivity index (χ1n) is 13.2. The molecule has 10 unspecified atom stereocenters. The van der Waals surface area contributed by atoms with Crippen LogP contribution in [-0.4, -0.2) is 61.0 Å². The molecule has 180 valence electrons. The van der Waals surface area contributed by atoms with Crippen molar-refractivity contribution in [1.82, 2.24) is 26.4 Å². The number of hydrogen-bond acceptors (Lipinski definition) is 5. The van der Waals surface area contributed by atoms with E-state index in [4.69, 9.17) is 0 Å². The zero-order valence-electron chi connectivity index (χ0n) is 20.1. The molecule has 2 saturated carbocycles. The predicted octanol–water partition coefficient (Wildman–Crippen LogP) is 1.65. The Balaban J connectivity index is 1.21. The van der Waals surface area contributed by atoms with Crippen LogP contribution in [0.1, 0.15) is 65.2 Å². The first kappa shape index (κ1) is 22.6. The highest BCUT2D eigenvalue weighted by molar-refractivity contribution is 5.81. The van der Waals surface area contributed by atoms with E-state index in [2.05, 4.69) is 40.2 Å². The summed E-state index contributed by atoms with van der Waals surface area (Å²) in [6, 6.07) is 1.73. The van der Waals surface area contributed by atoms with Gasteiger partial charge >= 0.3 is 0 Å². The lowest BCUT2D eigenvalue weighted by Crippen LogP contribution is -2.60. The van der Waals surface area contributed by atoms with Crippen LogP contribution in [0.4, 0.5) is 0 Å². The van der Waals surface area contributed by atoms with Crippen LogP contribution < -0.4 is 21.5 Å². The van der Waals surface area contributed by atoms with Gasteiger partial charge in [-0.05, 0) is 82.0 Å². The molecule has 10 atom stereocenters. The van der Waals surface area contributed by atoms with Gasteiger partial charge in [-0.15, -0.1) is 0 Å². The Bertz CT molecular complexity index is 716. The molecule has 3 heterocycles. The summed E-state index contributed by atoms with van der Waals surface area (Å²) in [7, 11) is 2.02. The summed E-state index contributed by atoms with van der Waals surface area (Å²) in [4.78, 5) is 28.7. The molecule has 0 bridgehead atoms. The van der Waals surface area contributed by atoms with Crippen LogP contribution in [-0.2, 0) is 9.59 Å². The number of carbonyl (C=O) groups is 2. The maximum absolute atomic E-state index is 13.4. The minimum Gasteiger partial charge on any atom is -0.353 e. The Hall–Kier alpha value is -1.18. The standard InChI is InChI=1S/C25H43N5O2/c1-14-4-5-16(24(31)28-19-6-7-22-17(9-19)13-27-29-22)10-20(14)21-11-18-12-26-15(2)8-23(18)30(3)25(21)32/h14-23,26-27,29H,4-13H2,1-3H3,(H,28,31). The Morgan fingerprint density at radius 3 is 2.69 bits per heavy atom. The Morgan fingerprint density at radius 1 is 1.00 bits per heavy atom. The average molecular weight is 446 g/mol. The van der Waals surface area contributed by atoms with Crippen molar-refractivity contribution in [3.05, 3.63) is 0 Å². The van der Waals surface area contributed by atoms with Gasteiger partial charge in [-0.1, -0.05) is 6.92 Å². The topological polar surface area (TPSA) is 85.5 Å². The second-order valence-electron chi connectivity index (χ2n) is 11.7. The van der Waals surface area contributed by atoms with E-state index in [0.717, 1.165) is 64.5 Å². The summed E-state index contributed by atoms with van der Waals surface area (Å²) in [5, 5.41) is 7.04. The predicted molar refractivity (Wildman–Crippen MR) is 124 cm³/mol. The van der Waals surface area contributed by atoms with Crippen molar-refractivity contribution < 1.29 is 9.59 Å². The molecule has 0 radical (unpaired) electrons. The van der Waals surface area contributed by atoms with Gasteiger partial charge in [0.15, 0.2) is 0 Å². The van der Waals surface area contributed by atoms with Gasteiger partial charge in [0.05, 0.1) is 0 Å². The van der Waals surface area contributed by atoms with Crippen LogP contribution in [0.15, 0.2) is 0 Å². The molecule has 7 heteroatoms. The number of rotatable bonds is 3. The van der Waals surface area contributed by atoms with Crippen molar-refractivity contribution >= 4 is 11.8 Å². The van der Waals surface area contributed by atoms with Gasteiger partial charge in [0.1, 0.15) is 0 Å². The third-order valence-corrected chi connectivity index (χ3v) is 9.71. The molecule has 0 spiro atoms. The van der Waals surface area contributed by atoms with Gasteiger partial charge in [0.25, 0.3) is 0 Å². The molecule has 3 saturated heterocycles. The van der Waals surface area contributed by atoms with Crippen molar-refractivity contribution in [3.8, 4) is 0 Å². The van der Waals surface area contributed by atoms with Crippen molar-refractivity contribution in [3.63, 3.8) is 0 Å². The molecule has 3 aliphatic heterocycles. The molecular weight excluding hydrogens is 402 g/mol. The maximum Gasteiger partial charge on any atom is 0.225 e. The highest BCUT2D eigenvalue weighted by Gasteiger charge is 2.47. The number of piperidine rings is 2. The third kappa shape index (κ3) is 4.32. The minimum absolute atomic E-state index is 0.0640. The SMILES string of the molecule is CC1CC2C(CN1)CC(C1CC(C(=O)NC3CCC4NNCC4C3)CCC1C)C(=O)N2C. The van der Waals surface area contributed by atoms with E-state index in [1.54, 1.807) is 0 Å². The van der Waals surface area contributed by atoms with Crippen molar-refractivity contribution in [2.75, 3.05) is 20.1 Å². The molecule has 0 aromatic carbocycles. The second-order valence-corrected chi connectivity index (χ2v) is 11.7. The number of hydrogen-bond donors (Lipinski definition) is 4. The Kier molecular flexibility index (Phi) is 6.52. The number of amides is 2. The highest BCUT2D eigenvalue weighted by Crippen LogP contribution is 2.44. The van der Waals surface area contributed by atoms with Crippen LogP contribution in [0.3, 0.4) is 0 Å². The molecule has 32 heavy (non-hydrogen) atoms. The largest absolute Gasteiger partial charge is 0.353 e. The fraction of sp³-hybridized carbons (Fsp3) is 0.920. The number of fused-ring (bicyclic) bond motifs is 2. The molecule has 5 aliphatic rings. The second kappa shape index (κ2) is 9.22. The summed E-state index contributed by atoms with van der Waals surface area (Å²) < 4.78 is 0. The zero-order valence-corrected chi connectivity index (χ0v) is 20.1. The van der Waals surface area contributed by atoms with E-state index in [9.17, 15) is 9.59 Å². The first-order valence-corrected chi connectivity index (χ1v) is 13.2. The minimum atomic E-state index is 0.0640. The molecule has 2 amide bonds. The number of nitrogens with one attached hydrogen (secondary N) is 4. The molecule has 0 aromatic rings. The van der Waals surface area contributed by atoms with Crippen LogP contribution in [0.25, 0.3) is 0 Å². The van der Waals surface area contributed by atoms with Gasteiger partial charge in [0.2, 0.25) is 11.8 Å². The summed E-state index contributed by atoms with van der Waals surface area (Å²) >= 11 is 0. The zero-order chi connectivity index (χ0) is 22.4. The molecule has 5 fully saturated rings. The fourth-order valence-electron chi connectivity index (χ4n) is 7.66. The first-order chi connectivity index (χ1) is 15.4. The summed E-state index contributed by atoms with van der Waals surface area (Å²) in [5.41, 5.74) is 6.64. The van der Waals surface area contributed by atoms with Gasteiger partial charge in [0, 0.05) is 56.1 Å². The maximum atomic E-state index is 13.4. The van der Waals surface area contributed by atoms with Crippen molar-refractivity contribution in [1.29, 1.82) is 0 Å². The number of nitrogens with zero attached hydrogens (tertiary/aromatic N) is 1. The molecule has 2 aliphatic carbocycles.